The van der Waals surface area contributed by atoms with Crippen LogP contribution in [-0.4, -0.2) is 27.6 Å². The van der Waals surface area contributed by atoms with Crippen molar-refractivity contribution in [1.29, 1.82) is 5.26 Å². The molecule has 27 heavy (non-hydrogen) atoms. The first kappa shape index (κ1) is 18.2. The molecule has 0 spiro atoms. The lowest BCUT2D eigenvalue weighted by Gasteiger charge is -2.13. The Labute approximate surface area is 153 Å². The molecule has 0 atom stereocenters. The molecule has 1 amide bonds. The highest BCUT2D eigenvalue weighted by Crippen LogP contribution is 2.15. The number of fused-ring (bicyclic) bond motifs is 1. The molecule has 0 aliphatic heterocycles. The third-order valence-electron chi connectivity index (χ3n) is 4.10. The lowest BCUT2D eigenvalue weighted by Crippen LogP contribution is -2.31. The fourth-order valence-corrected chi connectivity index (χ4v) is 2.87. The van der Waals surface area contributed by atoms with Crippen molar-refractivity contribution >= 4 is 22.6 Å². The summed E-state index contributed by atoms with van der Waals surface area (Å²) in [6, 6.07) is 8.45. The molecule has 0 radical (unpaired) electrons. The summed E-state index contributed by atoms with van der Waals surface area (Å²) in [7, 11) is 1.48. The van der Waals surface area contributed by atoms with Gasteiger partial charge in [-0.1, -0.05) is 0 Å². The van der Waals surface area contributed by atoms with Gasteiger partial charge in [0.2, 0.25) is 5.91 Å². The first-order chi connectivity index (χ1) is 12.9. The van der Waals surface area contributed by atoms with Crippen molar-refractivity contribution in [3.05, 3.63) is 61.9 Å². The van der Waals surface area contributed by atoms with Crippen LogP contribution in [0.15, 0.2) is 33.9 Å². The monoisotopic (exact) mass is 367 g/mol. The Bertz CT molecular complexity index is 1180. The number of aromatic nitrogens is 3. The number of imidazole rings is 1. The molecule has 2 heterocycles. The lowest BCUT2D eigenvalue weighted by molar-refractivity contribution is -0.116. The summed E-state index contributed by atoms with van der Waals surface area (Å²) in [5.41, 5.74) is 1.78. The molecule has 0 unspecified atom stereocenters. The maximum absolute atomic E-state index is 12.5. The van der Waals surface area contributed by atoms with Crippen LogP contribution in [-0.2, 0) is 22.7 Å². The number of aryl methyl sites for hydroxylation is 1. The average molecular weight is 367 g/mol. The van der Waals surface area contributed by atoms with Gasteiger partial charge in [0.05, 0.1) is 17.6 Å². The SMILES string of the molecule is COCc1cc(C)n(CC(=O)Nc2ccc3[nH]c(=O)[nH]c3c2)c(=O)c1C#N. The zero-order chi connectivity index (χ0) is 19.6. The van der Waals surface area contributed by atoms with Gasteiger partial charge in [-0.2, -0.15) is 5.26 Å². The standard InChI is InChI=1S/C18H17N5O4/c1-10-5-11(9-27-2)13(7-19)17(25)23(10)8-16(24)20-12-3-4-14-15(6-12)22-18(26)21-14/h3-6H,8-9H2,1-2H3,(H,20,24)(H2,21,22,26). The van der Waals surface area contributed by atoms with E-state index in [1.165, 1.54) is 11.7 Å². The van der Waals surface area contributed by atoms with Gasteiger partial charge in [-0.25, -0.2) is 4.79 Å². The number of anilines is 1. The zero-order valence-electron chi connectivity index (χ0n) is 14.8. The third-order valence-corrected chi connectivity index (χ3v) is 4.10. The van der Waals surface area contributed by atoms with Crippen molar-refractivity contribution in [3.63, 3.8) is 0 Å². The van der Waals surface area contributed by atoms with Crippen molar-refractivity contribution in [1.82, 2.24) is 14.5 Å². The Morgan fingerprint density at radius 1 is 1.26 bits per heavy atom. The number of hydrogen-bond acceptors (Lipinski definition) is 5. The summed E-state index contributed by atoms with van der Waals surface area (Å²) in [6.45, 7) is 1.58. The number of hydrogen-bond donors (Lipinski definition) is 3. The number of nitrogens with zero attached hydrogens (tertiary/aromatic N) is 2. The van der Waals surface area contributed by atoms with Crippen molar-refractivity contribution in [2.24, 2.45) is 0 Å². The number of nitrogens with one attached hydrogen (secondary N) is 3. The Morgan fingerprint density at radius 3 is 2.70 bits per heavy atom. The molecular formula is C18H17N5O4. The Morgan fingerprint density at radius 2 is 2.00 bits per heavy atom. The van der Waals surface area contributed by atoms with E-state index in [2.05, 4.69) is 15.3 Å². The van der Waals surface area contributed by atoms with E-state index in [-0.39, 0.29) is 24.4 Å². The van der Waals surface area contributed by atoms with Crippen molar-refractivity contribution in [2.45, 2.75) is 20.1 Å². The van der Waals surface area contributed by atoms with E-state index in [1.54, 1.807) is 31.2 Å². The topological polar surface area (TPSA) is 133 Å². The molecule has 0 aliphatic carbocycles. The molecular weight excluding hydrogens is 350 g/mol. The lowest BCUT2D eigenvalue weighted by atomic mass is 10.1. The number of H-pyrrole nitrogens is 2. The number of benzene rings is 1. The van der Waals surface area contributed by atoms with Crippen molar-refractivity contribution in [3.8, 4) is 6.07 Å². The van der Waals surface area contributed by atoms with Gasteiger partial charge < -0.3 is 24.6 Å². The van der Waals surface area contributed by atoms with Gasteiger partial charge in [0.25, 0.3) is 5.56 Å². The van der Waals surface area contributed by atoms with Crippen LogP contribution in [0.2, 0.25) is 0 Å². The Balaban J connectivity index is 1.85. The quantitative estimate of drug-likeness (QED) is 0.618. The van der Waals surface area contributed by atoms with Gasteiger partial charge >= 0.3 is 5.69 Å². The second-order valence-corrected chi connectivity index (χ2v) is 6.01. The van der Waals surface area contributed by atoms with Crippen LogP contribution in [0.4, 0.5) is 5.69 Å². The largest absolute Gasteiger partial charge is 0.380 e. The van der Waals surface area contributed by atoms with Gasteiger partial charge in [0.15, 0.2) is 0 Å². The van der Waals surface area contributed by atoms with Crippen LogP contribution < -0.4 is 16.6 Å². The molecule has 3 aromatic rings. The molecule has 0 saturated carbocycles. The Hall–Kier alpha value is -3.64. The highest BCUT2D eigenvalue weighted by molar-refractivity contribution is 5.92. The van der Waals surface area contributed by atoms with Crippen LogP contribution in [0.3, 0.4) is 0 Å². The molecule has 0 fully saturated rings. The average Bonchev–Trinajstić information content (AvgIpc) is 2.98. The number of nitriles is 1. The van der Waals surface area contributed by atoms with Crippen LogP contribution in [0.25, 0.3) is 11.0 Å². The number of carbonyl (C=O) groups excluding carboxylic acids is 1. The van der Waals surface area contributed by atoms with E-state index >= 15 is 0 Å². The number of methoxy groups -OCH3 is 1. The predicted octanol–water partition coefficient (Wildman–Crippen LogP) is 0.983. The fourth-order valence-electron chi connectivity index (χ4n) is 2.87. The van der Waals surface area contributed by atoms with Crippen LogP contribution >= 0.6 is 0 Å². The summed E-state index contributed by atoms with van der Waals surface area (Å²) < 4.78 is 6.25. The second-order valence-electron chi connectivity index (χ2n) is 6.01. The van der Waals surface area contributed by atoms with Gasteiger partial charge in [-0.05, 0) is 31.2 Å². The predicted molar refractivity (Wildman–Crippen MR) is 98.4 cm³/mol. The third kappa shape index (κ3) is 3.65. The van der Waals surface area contributed by atoms with Crippen LogP contribution in [0.1, 0.15) is 16.8 Å². The molecule has 0 bridgehead atoms. The number of amides is 1. The maximum atomic E-state index is 12.5. The molecule has 9 heteroatoms. The number of ether oxygens (including phenoxy) is 1. The molecule has 1 aromatic carbocycles. The first-order valence-corrected chi connectivity index (χ1v) is 8.07. The summed E-state index contributed by atoms with van der Waals surface area (Å²) in [6.07, 6.45) is 0. The van der Waals surface area contributed by atoms with E-state index in [4.69, 9.17) is 4.74 Å². The van der Waals surface area contributed by atoms with Crippen molar-refractivity contribution in [2.75, 3.05) is 12.4 Å². The second kappa shape index (κ2) is 7.31. The highest BCUT2D eigenvalue weighted by atomic mass is 16.5. The molecule has 0 saturated heterocycles. The van der Waals surface area contributed by atoms with E-state index in [0.29, 0.717) is 28.0 Å². The van der Waals surface area contributed by atoms with Gasteiger partial charge in [-0.3, -0.25) is 9.59 Å². The fraction of sp³-hybridized carbons (Fsp3) is 0.222. The van der Waals surface area contributed by atoms with Gasteiger partial charge in [0, 0.05) is 24.1 Å². The highest BCUT2D eigenvalue weighted by Gasteiger charge is 2.15. The number of pyridine rings is 1. The molecule has 2 aromatic heterocycles. The normalized spacial score (nSPS) is 10.7. The molecule has 3 N–H and O–H groups in total. The van der Waals surface area contributed by atoms with Crippen LogP contribution in [0.5, 0.6) is 0 Å². The Kier molecular flexibility index (Phi) is 4.92. The molecule has 3 rings (SSSR count). The maximum Gasteiger partial charge on any atom is 0.323 e. The summed E-state index contributed by atoms with van der Waals surface area (Å²) in [5.74, 6) is -0.430. The van der Waals surface area contributed by atoms with E-state index in [1.807, 2.05) is 6.07 Å². The summed E-state index contributed by atoms with van der Waals surface area (Å²) in [5, 5.41) is 11.9. The minimum atomic E-state index is -0.537. The molecule has 9 nitrogen and oxygen atoms in total. The summed E-state index contributed by atoms with van der Waals surface area (Å²) in [4.78, 5) is 41.4. The minimum absolute atomic E-state index is 0.0402. The van der Waals surface area contributed by atoms with E-state index < -0.39 is 11.5 Å². The molecule has 138 valence electrons. The number of rotatable bonds is 5. The number of aromatic amines is 2. The zero-order valence-corrected chi connectivity index (χ0v) is 14.8. The minimum Gasteiger partial charge on any atom is -0.380 e. The molecule has 0 aliphatic rings. The van der Waals surface area contributed by atoms with Crippen molar-refractivity contribution < 1.29 is 9.53 Å². The first-order valence-electron chi connectivity index (χ1n) is 8.07. The summed E-state index contributed by atoms with van der Waals surface area (Å²) >= 11 is 0. The van der Waals surface area contributed by atoms with E-state index in [9.17, 15) is 19.6 Å². The smallest absolute Gasteiger partial charge is 0.323 e. The van der Waals surface area contributed by atoms with Gasteiger partial charge in [-0.15, -0.1) is 0 Å². The van der Waals surface area contributed by atoms with Crippen LogP contribution in [0, 0.1) is 18.3 Å². The van der Waals surface area contributed by atoms with Gasteiger partial charge in [0.1, 0.15) is 18.2 Å². The number of carbonyl (C=O) groups is 1. The van der Waals surface area contributed by atoms with E-state index in [0.717, 1.165) is 0 Å².